The third-order valence-electron chi connectivity index (χ3n) is 3.16. The molecule has 0 fully saturated rings. The number of thiazole rings is 1. The number of benzene rings is 2. The van der Waals surface area contributed by atoms with Crippen molar-refractivity contribution < 1.29 is 18.7 Å². The minimum absolute atomic E-state index is 0.0778. The zero-order valence-electron chi connectivity index (χ0n) is 12.9. The van der Waals surface area contributed by atoms with E-state index in [2.05, 4.69) is 20.9 Å². The van der Waals surface area contributed by atoms with Crippen LogP contribution in [0, 0.1) is 5.82 Å². The summed E-state index contributed by atoms with van der Waals surface area (Å²) in [7, 11) is 0. The Kier molecular flexibility index (Phi) is 5.78. The predicted octanol–water partition coefficient (Wildman–Crippen LogP) is 4.77. The molecule has 0 saturated heterocycles. The first kappa shape index (κ1) is 17.6. The SMILES string of the molecule is O=C(Cc1csc(COc2ccc(F)cc2)n1)Oc1ccccc1Br. The average molecular weight is 422 g/mol. The van der Waals surface area contributed by atoms with Gasteiger partial charge in [0.2, 0.25) is 0 Å². The van der Waals surface area contributed by atoms with E-state index in [9.17, 15) is 9.18 Å². The predicted molar refractivity (Wildman–Crippen MR) is 96.3 cm³/mol. The summed E-state index contributed by atoms with van der Waals surface area (Å²) >= 11 is 4.73. The quantitative estimate of drug-likeness (QED) is 0.424. The number of halogens is 2. The highest BCUT2D eigenvalue weighted by molar-refractivity contribution is 9.10. The van der Waals surface area contributed by atoms with E-state index in [1.807, 2.05) is 6.07 Å². The van der Waals surface area contributed by atoms with Crippen LogP contribution in [0.4, 0.5) is 4.39 Å². The van der Waals surface area contributed by atoms with Gasteiger partial charge in [-0.1, -0.05) is 12.1 Å². The van der Waals surface area contributed by atoms with Crippen molar-refractivity contribution in [1.82, 2.24) is 4.98 Å². The molecule has 2 aromatic carbocycles. The van der Waals surface area contributed by atoms with Crippen molar-refractivity contribution in [2.75, 3.05) is 0 Å². The molecule has 0 saturated carbocycles. The van der Waals surface area contributed by atoms with Crippen molar-refractivity contribution in [3.63, 3.8) is 0 Å². The van der Waals surface area contributed by atoms with Gasteiger partial charge in [-0.2, -0.15) is 0 Å². The van der Waals surface area contributed by atoms with Crippen LogP contribution in [-0.2, 0) is 17.8 Å². The topological polar surface area (TPSA) is 48.4 Å². The fourth-order valence-corrected chi connectivity index (χ4v) is 3.08. The first-order valence-corrected chi connectivity index (χ1v) is 9.04. The van der Waals surface area contributed by atoms with Crippen molar-refractivity contribution in [2.45, 2.75) is 13.0 Å². The number of hydrogen-bond donors (Lipinski definition) is 0. The van der Waals surface area contributed by atoms with Crippen LogP contribution in [0.5, 0.6) is 11.5 Å². The maximum absolute atomic E-state index is 12.8. The van der Waals surface area contributed by atoms with Crippen LogP contribution in [0.25, 0.3) is 0 Å². The molecule has 128 valence electrons. The highest BCUT2D eigenvalue weighted by Crippen LogP contribution is 2.24. The van der Waals surface area contributed by atoms with E-state index in [0.29, 0.717) is 17.2 Å². The lowest BCUT2D eigenvalue weighted by Crippen LogP contribution is -2.12. The number of esters is 1. The molecule has 1 aromatic heterocycles. The van der Waals surface area contributed by atoms with Crippen LogP contribution >= 0.6 is 27.3 Å². The summed E-state index contributed by atoms with van der Waals surface area (Å²) in [6.07, 6.45) is 0.0778. The van der Waals surface area contributed by atoms with Gasteiger partial charge in [0.15, 0.2) is 0 Å². The van der Waals surface area contributed by atoms with Gasteiger partial charge in [0, 0.05) is 5.38 Å². The molecule has 7 heteroatoms. The maximum Gasteiger partial charge on any atom is 0.317 e. The van der Waals surface area contributed by atoms with E-state index in [1.165, 1.54) is 23.5 Å². The first-order valence-electron chi connectivity index (χ1n) is 7.37. The van der Waals surface area contributed by atoms with Crippen molar-refractivity contribution >= 4 is 33.2 Å². The molecule has 0 spiro atoms. The van der Waals surface area contributed by atoms with Crippen LogP contribution in [0.1, 0.15) is 10.7 Å². The molecule has 0 N–H and O–H groups in total. The Labute approximate surface area is 156 Å². The van der Waals surface area contributed by atoms with Crippen molar-refractivity contribution in [3.05, 3.63) is 74.9 Å². The largest absolute Gasteiger partial charge is 0.486 e. The number of ether oxygens (including phenoxy) is 2. The molecule has 25 heavy (non-hydrogen) atoms. The van der Waals surface area contributed by atoms with Crippen LogP contribution < -0.4 is 9.47 Å². The first-order chi connectivity index (χ1) is 12.1. The van der Waals surface area contributed by atoms with Gasteiger partial charge in [-0.15, -0.1) is 11.3 Å². The fraction of sp³-hybridized carbons (Fsp3) is 0.111. The molecule has 0 aliphatic carbocycles. The molecule has 0 aliphatic rings. The molecular weight excluding hydrogens is 409 g/mol. The van der Waals surface area contributed by atoms with Crippen molar-refractivity contribution in [3.8, 4) is 11.5 Å². The van der Waals surface area contributed by atoms with Crippen molar-refractivity contribution in [1.29, 1.82) is 0 Å². The molecule has 0 amide bonds. The summed E-state index contributed by atoms with van der Waals surface area (Å²) in [5.41, 5.74) is 0.625. The van der Waals surface area contributed by atoms with E-state index in [4.69, 9.17) is 9.47 Å². The standard InChI is InChI=1S/C18H13BrFNO3S/c19-15-3-1-2-4-16(15)24-18(22)9-13-11-25-17(21-13)10-23-14-7-5-12(20)6-8-14/h1-8,11H,9-10H2. The van der Waals surface area contributed by atoms with Gasteiger partial charge in [-0.25, -0.2) is 9.37 Å². The molecule has 1 heterocycles. The van der Waals surface area contributed by atoms with Gasteiger partial charge in [-0.3, -0.25) is 4.79 Å². The lowest BCUT2D eigenvalue weighted by molar-refractivity contribution is -0.133. The smallest absolute Gasteiger partial charge is 0.317 e. The molecule has 0 unspecified atom stereocenters. The number of nitrogens with zero attached hydrogens (tertiary/aromatic N) is 1. The summed E-state index contributed by atoms with van der Waals surface area (Å²) < 4.78 is 24.4. The minimum Gasteiger partial charge on any atom is -0.486 e. The van der Waals surface area contributed by atoms with Gasteiger partial charge in [-0.05, 0) is 52.3 Å². The molecular formula is C18H13BrFNO3S. The highest BCUT2D eigenvalue weighted by Gasteiger charge is 2.12. The van der Waals surface area contributed by atoms with E-state index >= 15 is 0 Å². The number of hydrogen-bond acceptors (Lipinski definition) is 5. The van der Waals surface area contributed by atoms with Crippen LogP contribution in [0.2, 0.25) is 0 Å². The van der Waals surface area contributed by atoms with E-state index in [-0.39, 0.29) is 24.8 Å². The second-order valence-corrected chi connectivity index (χ2v) is 6.85. The lowest BCUT2D eigenvalue weighted by Gasteiger charge is -2.05. The Morgan fingerprint density at radius 2 is 1.92 bits per heavy atom. The van der Waals surface area contributed by atoms with Gasteiger partial charge in [0.1, 0.15) is 28.9 Å². The van der Waals surface area contributed by atoms with Crippen LogP contribution in [0.15, 0.2) is 58.4 Å². The number of rotatable bonds is 6. The highest BCUT2D eigenvalue weighted by atomic mass is 79.9. The van der Waals surface area contributed by atoms with Gasteiger partial charge in [0.05, 0.1) is 16.6 Å². The van der Waals surface area contributed by atoms with Crippen molar-refractivity contribution in [2.24, 2.45) is 0 Å². The molecule has 0 atom stereocenters. The van der Waals surface area contributed by atoms with E-state index in [1.54, 1.807) is 35.7 Å². The van der Waals surface area contributed by atoms with Crippen LogP contribution in [0.3, 0.4) is 0 Å². The molecule has 4 nitrogen and oxygen atoms in total. The molecule has 0 aliphatic heterocycles. The molecule has 3 aromatic rings. The Balaban J connectivity index is 1.53. The number of carbonyl (C=O) groups excluding carboxylic acids is 1. The fourth-order valence-electron chi connectivity index (χ4n) is 2.01. The maximum atomic E-state index is 12.8. The van der Waals surface area contributed by atoms with E-state index in [0.717, 1.165) is 9.48 Å². The lowest BCUT2D eigenvalue weighted by atomic mass is 10.3. The monoisotopic (exact) mass is 421 g/mol. The summed E-state index contributed by atoms with van der Waals surface area (Å²) in [4.78, 5) is 16.4. The van der Waals surface area contributed by atoms with E-state index < -0.39 is 0 Å². The van der Waals surface area contributed by atoms with Crippen LogP contribution in [-0.4, -0.2) is 11.0 Å². The van der Waals surface area contributed by atoms with Gasteiger partial charge < -0.3 is 9.47 Å². The average Bonchev–Trinajstić information content (AvgIpc) is 3.04. The summed E-state index contributed by atoms with van der Waals surface area (Å²) in [6, 6.07) is 12.9. The summed E-state index contributed by atoms with van der Waals surface area (Å²) in [5, 5.41) is 2.53. The zero-order valence-corrected chi connectivity index (χ0v) is 15.3. The third-order valence-corrected chi connectivity index (χ3v) is 4.69. The Morgan fingerprint density at radius 1 is 1.16 bits per heavy atom. The zero-order chi connectivity index (χ0) is 17.6. The van der Waals surface area contributed by atoms with Gasteiger partial charge >= 0.3 is 5.97 Å². The second-order valence-electron chi connectivity index (χ2n) is 5.06. The van der Waals surface area contributed by atoms with Gasteiger partial charge in [0.25, 0.3) is 0 Å². The molecule has 0 bridgehead atoms. The Morgan fingerprint density at radius 3 is 2.68 bits per heavy atom. The number of carbonyl (C=O) groups is 1. The number of aromatic nitrogens is 1. The Hall–Kier alpha value is -2.25. The summed E-state index contributed by atoms with van der Waals surface area (Å²) in [5.74, 6) is 0.338. The molecule has 0 radical (unpaired) electrons. The number of para-hydroxylation sites is 1. The normalized spacial score (nSPS) is 10.5. The summed E-state index contributed by atoms with van der Waals surface area (Å²) in [6.45, 7) is 0.260. The minimum atomic E-state index is -0.386. The second kappa shape index (κ2) is 8.22. The third kappa shape index (κ3) is 5.11. The molecule has 3 rings (SSSR count). The Bertz CT molecular complexity index is 867.